The van der Waals surface area contributed by atoms with E-state index in [0.717, 1.165) is 12.1 Å². The van der Waals surface area contributed by atoms with Crippen molar-refractivity contribution in [1.82, 2.24) is 0 Å². The van der Waals surface area contributed by atoms with E-state index in [1.54, 1.807) is 4.72 Å². The van der Waals surface area contributed by atoms with Gasteiger partial charge in [-0.1, -0.05) is 0 Å². The summed E-state index contributed by atoms with van der Waals surface area (Å²) in [6.45, 7) is 0. The lowest BCUT2D eigenvalue weighted by atomic mass is 10.2. The number of halogens is 4. The van der Waals surface area contributed by atoms with Crippen LogP contribution in [0.25, 0.3) is 0 Å². The van der Waals surface area contributed by atoms with Gasteiger partial charge in [-0.25, -0.2) is 26.4 Å². The van der Waals surface area contributed by atoms with Crippen molar-refractivity contribution in [2.45, 2.75) is 4.90 Å². The van der Waals surface area contributed by atoms with Crippen molar-refractivity contribution in [3.63, 3.8) is 0 Å². The zero-order valence-corrected chi connectivity index (χ0v) is 13.4. The molecule has 0 fully saturated rings. The largest absolute Gasteiger partial charge is 0.478 e. The first kappa shape index (κ1) is 17.3. The molecule has 0 heterocycles. The molecule has 0 bridgehead atoms. The van der Waals surface area contributed by atoms with E-state index in [0.29, 0.717) is 18.2 Å². The van der Waals surface area contributed by atoms with Crippen LogP contribution >= 0.6 is 15.9 Å². The normalized spacial score (nSPS) is 11.3. The third-order valence-corrected chi connectivity index (χ3v) is 5.16. The van der Waals surface area contributed by atoms with Crippen molar-refractivity contribution >= 4 is 37.6 Å². The van der Waals surface area contributed by atoms with Gasteiger partial charge < -0.3 is 5.11 Å². The fraction of sp³-hybridized carbons (Fsp3) is 0. The Morgan fingerprint density at radius 3 is 2.30 bits per heavy atom. The number of carboxylic acid groups (broad SMARTS) is 1. The quantitative estimate of drug-likeness (QED) is 0.810. The highest BCUT2D eigenvalue weighted by Gasteiger charge is 2.24. The molecule has 0 spiro atoms. The van der Waals surface area contributed by atoms with Gasteiger partial charge in [0.1, 0.15) is 22.3 Å². The maximum Gasteiger partial charge on any atom is 0.335 e. The second-order valence-electron chi connectivity index (χ2n) is 4.31. The summed E-state index contributed by atoms with van der Waals surface area (Å²) in [6.07, 6.45) is 0. The van der Waals surface area contributed by atoms with E-state index >= 15 is 0 Å². The number of anilines is 1. The van der Waals surface area contributed by atoms with Crippen molar-refractivity contribution < 1.29 is 31.5 Å². The van der Waals surface area contributed by atoms with E-state index < -0.39 is 54.1 Å². The second kappa shape index (κ2) is 6.20. The number of carboxylic acids is 1. The minimum Gasteiger partial charge on any atom is -0.478 e. The summed E-state index contributed by atoms with van der Waals surface area (Å²) in [4.78, 5) is 10.2. The van der Waals surface area contributed by atoms with Crippen LogP contribution in [0.2, 0.25) is 0 Å². The molecule has 0 amide bonds. The van der Waals surface area contributed by atoms with Gasteiger partial charge in [0.15, 0.2) is 0 Å². The Labute approximate surface area is 136 Å². The molecular formula is C13H7BrF3NO4S. The van der Waals surface area contributed by atoms with E-state index in [1.165, 1.54) is 0 Å². The molecule has 0 radical (unpaired) electrons. The topological polar surface area (TPSA) is 83.5 Å². The molecule has 23 heavy (non-hydrogen) atoms. The maximum absolute atomic E-state index is 13.7. The van der Waals surface area contributed by atoms with Gasteiger partial charge in [0.05, 0.1) is 15.7 Å². The van der Waals surface area contributed by atoms with Crippen molar-refractivity contribution in [1.29, 1.82) is 0 Å². The first-order valence-electron chi connectivity index (χ1n) is 5.82. The molecule has 122 valence electrons. The summed E-state index contributed by atoms with van der Waals surface area (Å²) in [5.41, 5.74) is -1.18. The Morgan fingerprint density at radius 2 is 1.74 bits per heavy atom. The lowest BCUT2D eigenvalue weighted by Crippen LogP contribution is -2.16. The summed E-state index contributed by atoms with van der Waals surface area (Å²) >= 11 is 2.70. The number of benzene rings is 2. The molecule has 0 atom stereocenters. The van der Waals surface area contributed by atoms with Crippen molar-refractivity contribution in [3.8, 4) is 0 Å². The minimum atomic E-state index is -4.52. The molecule has 2 rings (SSSR count). The van der Waals surface area contributed by atoms with Gasteiger partial charge in [0.2, 0.25) is 0 Å². The van der Waals surface area contributed by atoms with Crippen LogP contribution in [0, 0.1) is 17.5 Å². The fourth-order valence-electron chi connectivity index (χ4n) is 1.65. The SMILES string of the molecule is O=C(O)c1cc(F)c(Br)c(S(=O)(=O)Nc2ccc(F)cc2F)c1. The Morgan fingerprint density at radius 1 is 1.09 bits per heavy atom. The summed E-state index contributed by atoms with van der Waals surface area (Å²) in [6, 6.07) is 3.46. The fourth-order valence-corrected chi connectivity index (χ4v) is 3.70. The van der Waals surface area contributed by atoms with Crippen LogP contribution in [0.1, 0.15) is 10.4 Å². The molecule has 0 saturated carbocycles. The van der Waals surface area contributed by atoms with Crippen LogP contribution in [0.15, 0.2) is 39.7 Å². The van der Waals surface area contributed by atoms with Gasteiger partial charge in [0, 0.05) is 6.07 Å². The number of nitrogens with one attached hydrogen (secondary N) is 1. The van der Waals surface area contributed by atoms with Gasteiger partial charge in [-0.05, 0) is 40.2 Å². The van der Waals surface area contributed by atoms with Crippen molar-refractivity contribution in [2.75, 3.05) is 4.72 Å². The average Bonchev–Trinajstić information content (AvgIpc) is 2.44. The highest BCUT2D eigenvalue weighted by molar-refractivity contribution is 9.10. The highest BCUT2D eigenvalue weighted by atomic mass is 79.9. The van der Waals surface area contributed by atoms with Gasteiger partial charge in [-0.3, -0.25) is 4.72 Å². The van der Waals surface area contributed by atoms with Crippen LogP contribution in [-0.2, 0) is 10.0 Å². The zero-order valence-electron chi connectivity index (χ0n) is 11.0. The Kier molecular flexibility index (Phi) is 4.66. The number of aromatic carboxylic acids is 1. The maximum atomic E-state index is 13.7. The average molecular weight is 410 g/mol. The zero-order chi connectivity index (χ0) is 17.4. The van der Waals surface area contributed by atoms with Gasteiger partial charge in [-0.2, -0.15) is 0 Å². The lowest BCUT2D eigenvalue weighted by Gasteiger charge is -2.11. The number of carbonyl (C=O) groups is 1. The molecule has 2 N–H and O–H groups in total. The summed E-state index contributed by atoms with van der Waals surface area (Å²) in [5.74, 6) is -4.75. The van der Waals surface area contributed by atoms with E-state index in [4.69, 9.17) is 5.11 Å². The van der Waals surface area contributed by atoms with E-state index in [1.807, 2.05) is 0 Å². The predicted octanol–water partition coefficient (Wildman–Crippen LogP) is 3.37. The summed E-state index contributed by atoms with van der Waals surface area (Å²) < 4.78 is 65.8. The third-order valence-electron chi connectivity index (χ3n) is 2.71. The molecule has 5 nitrogen and oxygen atoms in total. The predicted molar refractivity (Wildman–Crippen MR) is 78.2 cm³/mol. The first-order chi connectivity index (χ1) is 10.6. The summed E-state index contributed by atoms with van der Waals surface area (Å²) in [7, 11) is -4.52. The van der Waals surface area contributed by atoms with Crippen LogP contribution < -0.4 is 4.72 Å². The smallest absolute Gasteiger partial charge is 0.335 e. The molecule has 2 aromatic carbocycles. The highest BCUT2D eigenvalue weighted by Crippen LogP contribution is 2.29. The molecule has 0 saturated heterocycles. The van der Waals surface area contributed by atoms with E-state index in [2.05, 4.69) is 15.9 Å². The Hall–Kier alpha value is -2.07. The molecular weight excluding hydrogens is 403 g/mol. The minimum absolute atomic E-state index is 0.459. The summed E-state index contributed by atoms with van der Waals surface area (Å²) in [5, 5.41) is 8.86. The Balaban J connectivity index is 2.53. The van der Waals surface area contributed by atoms with Crippen LogP contribution in [0.5, 0.6) is 0 Å². The van der Waals surface area contributed by atoms with E-state index in [-0.39, 0.29) is 0 Å². The van der Waals surface area contributed by atoms with Gasteiger partial charge in [-0.15, -0.1) is 0 Å². The number of sulfonamides is 1. The first-order valence-corrected chi connectivity index (χ1v) is 8.09. The van der Waals surface area contributed by atoms with Gasteiger partial charge in [0.25, 0.3) is 10.0 Å². The van der Waals surface area contributed by atoms with E-state index in [9.17, 15) is 26.4 Å². The standard InChI is InChI=1S/C13H7BrF3NO4S/c14-12-9(17)3-6(13(19)20)4-11(12)23(21,22)18-10-2-1-7(15)5-8(10)16/h1-5,18H,(H,19,20). The Bertz CT molecular complexity index is 902. The van der Waals surface area contributed by atoms with Crippen LogP contribution in [-0.4, -0.2) is 19.5 Å². The molecule has 10 heteroatoms. The molecule has 0 unspecified atom stereocenters. The van der Waals surface area contributed by atoms with Crippen molar-refractivity contribution in [3.05, 3.63) is 57.8 Å². The van der Waals surface area contributed by atoms with Crippen LogP contribution in [0.4, 0.5) is 18.9 Å². The molecule has 0 aliphatic heterocycles. The monoisotopic (exact) mass is 409 g/mol. The number of hydrogen-bond donors (Lipinski definition) is 2. The van der Waals surface area contributed by atoms with Crippen molar-refractivity contribution in [2.24, 2.45) is 0 Å². The number of rotatable bonds is 4. The third kappa shape index (κ3) is 3.64. The number of hydrogen-bond acceptors (Lipinski definition) is 3. The van der Waals surface area contributed by atoms with Gasteiger partial charge >= 0.3 is 5.97 Å². The molecule has 0 aromatic heterocycles. The second-order valence-corrected chi connectivity index (χ2v) is 6.75. The molecule has 0 aliphatic carbocycles. The lowest BCUT2D eigenvalue weighted by molar-refractivity contribution is 0.0696. The van der Waals surface area contributed by atoms with Crippen LogP contribution in [0.3, 0.4) is 0 Å². The molecule has 2 aromatic rings. The molecule has 0 aliphatic rings.